The summed E-state index contributed by atoms with van der Waals surface area (Å²) in [6, 6.07) is 10.1. The number of benzene rings is 1. The number of ether oxygens (including phenoxy) is 2. The van der Waals surface area contributed by atoms with Crippen LogP contribution < -0.4 is 0 Å². The molecule has 2 aliphatic rings. The lowest BCUT2D eigenvalue weighted by Gasteiger charge is -2.27. The molecule has 5 nitrogen and oxygen atoms in total. The van der Waals surface area contributed by atoms with Crippen molar-refractivity contribution in [3.63, 3.8) is 0 Å². The van der Waals surface area contributed by atoms with Crippen LogP contribution in [0.15, 0.2) is 40.8 Å². The largest absolute Gasteiger partial charge is 0.463 e. The summed E-state index contributed by atoms with van der Waals surface area (Å²) in [4.78, 5) is 27.9. The average Bonchev–Trinajstić information content (AvgIpc) is 2.92. The fourth-order valence-corrected chi connectivity index (χ4v) is 6.00. The van der Waals surface area contributed by atoms with Crippen LogP contribution in [0.5, 0.6) is 0 Å². The molecule has 1 saturated heterocycles. The van der Waals surface area contributed by atoms with E-state index in [1.165, 1.54) is 17.3 Å². The molecular weight excluding hydrogens is 370 g/mol. The molecule has 0 radical (unpaired) electrons. The molecule has 7 heteroatoms. The minimum absolute atomic E-state index is 0.140. The SMILES string of the molecule is CCOC(=O)C1=C(C(=O)OCC)C2CSC(CS1)N2Cc1ccccc1. The van der Waals surface area contributed by atoms with Crippen LogP contribution in [0.4, 0.5) is 0 Å². The molecule has 0 aliphatic carbocycles. The zero-order chi connectivity index (χ0) is 18.5. The first-order valence-electron chi connectivity index (χ1n) is 8.78. The van der Waals surface area contributed by atoms with E-state index in [-0.39, 0.29) is 24.6 Å². The van der Waals surface area contributed by atoms with Gasteiger partial charge < -0.3 is 9.47 Å². The second-order valence-electron chi connectivity index (χ2n) is 5.96. The van der Waals surface area contributed by atoms with E-state index in [2.05, 4.69) is 17.0 Å². The maximum atomic E-state index is 12.7. The molecule has 140 valence electrons. The van der Waals surface area contributed by atoms with Crippen molar-refractivity contribution in [2.24, 2.45) is 0 Å². The third kappa shape index (κ3) is 4.10. The van der Waals surface area contributed by atoms with Gasteiger partial charge in [-0.1, -0.05) is 30.3 Å². The number of rotatable bonds is 6. The predicted octanol–water partition coefficient (Wildman–Crippen LogP) is 3.06. The highest BCUT2D eigenvalue weighted by molar-refractivity contribution is 8.06. The Morgan fingerprint density at radius 2 is 1.77 bits per heavy atom. The third-order valence-electron chi connectivity index (χ3n) is 4.33. The highest BCUT2D eigenvalue weighted by Crippen LogP contribution is 2.43. The van der Waals surface area contributed by atoms with Gasteiger partial charge in [0.1, 0.15) is 4.91 Å². The lowest BCUT2D eigenvalue weighted by atomic mass is 10.1. The van der Waals surface area contributed by atoms with Gasteiger partial charge in [-0.3, -0.25) is 4.90 Å². The van der Waals surface area contributed by atoms with Crippen LogP contribution in [-0.4, -0.2) is 53.0 Å². The molecule has 2 unspecified atom stereocenters. The fraction of sp³-hybridized carbons (Fsp3) is 0.474. The molecule has 0 N–H and O–H groups in total. The van der Waals surface area contributed by atoms with E-state index in [4.69, 9.17) is 9.47 Å². The first kappa shape index (κ1) is 19.3. The smallest absolute Gasteiger partial charge is 0.345 e. The van der Waals surface area contributed by atoms with Crippen molar-refractivity contribution < 1.29 is 19.1 Å². The highest BCUT2D eigenvalue weighted by Gasteiger charge is 2.44. The Bertz CT molecular complexity index is 692. The molecule has 2 bridgehead atoms. The maximum Gasteiger partial charge on any atom is 0.345 e. The highest BCUT2D eigenvalue weighted by atomic mass is 32.2. The predicted molar refractivity (Wildman–Crippen MR) is 105 cm³/mol. The van der Waals surface area contributed by atoms with Gasteiger partial charge in [0, 0.05) is 18.1 Å². The molecule has 0 spiro atoms. The topological polar surface area (TPSA) is 55.8 Å². The molecule has 0 aromatic heterocycles. The van der Waals surface area contributed by atoms with Crippen LogP contribution in [0.1, 0.15) is 19.4 Å². The molecule has 0 saturated carbocycles. The van der Waals surface area contributed by atoms with Gasteiger partial charge in [0.15, 0.2) is 0 Å². The molecule has 2 aliphatic heterocycles. The van der Waals surface area contributed by atoms with Gasteiger partial charge in [0.25, 0.3) is 0 Å². The van der Waals surface area contributed by atoms with E-state index in [0.717, 1.165) is 18.1 Å². The summed E-state index contributed by atoms with van der Waals surface area (Å²) in [5.74, 6) is 0.687. The molecule has 1 aromatic rings. The molecule has 0 amide bonds. The number of carbonyl (C=O) groups excluding carboxylic acids is 2. The first-order valence-corrected chi connectivity index (χ1v) is 10.8. The summed E-state index contributed by atoms with van der Waals surface area (Å²) < 4.78 is 10.5. The van der Waals surface area contributed by atoms with Crippen molar-refractivity contribution in [2.75, 3.05) is 24.7 Å². The average molecular weight is 394 g/mol. The quantitative estimate of drug-likeness (QED) is 0.689. The zero-order valence-electron chi connectivity index (χ0n) is 15.0. The van der Waals surface area contributed by atoms with Gasteiger partial charge >= 0.3 is 11.9 Å². The van der Waals surface area contributed by atoms with E-state index < -0.39 is 11.9 Å². The van der Waals surface area contributed by atoms with Crippen LogP contribution in [0, 0.1) is 0 Å². The minimum Gasteiger partial charge on any atom is -0.463 e. The fourth-order valence-electron chi connectivity index (χ4n) is 3.18. The van der Waals surface area contributed by atoms with Gasteiger partial charge in [0.05, 0.1) is 30.2 Å². The zero-order valence-corrected chi connectivity index (χ0v) is 16.6. The molecule has 2 heterocycles. The van der Waals surface area contributed by atoms with E-state index in [1.807, 2.05) is 30.0 Å². The van der Waals surface area contributed by atoms with Crippen molar-refractivity contribution in [2.45, 2.75) is 31.8 Å². The summed E-state index contributed by atoms with van der Waals surface area (Å²) in [6.07, 6.45) is 0. The number of esters is 2. The third-order valence-corrected chi connectivity index (χ3v) is 7.03. The number of hydrogen-bond donors (Lipinski definition) is 0. The second kappa shape index (κ2) is 8.97. The van der Waals surface area contributed by atoms with Gasteiger partial charge in [-0.05, 0) is 19.4 Å². The molecule has 2 atom stereocenters. The lowest BCUT2D eigenvalue weighted by molar-refractivity contribution is -0.141. The summed E-state index contributed by atoms with van der Waals surface area (Å²) >= 11 is 3.24. The lowest BCUT2D eigenvalue weighted by Crippen LogP contribution is -2.39. The Hall–Kier alpha value is -1.44. The van der Waals surface area contributed by atoms with E-state index in [0.29, 0.717) is 10.5 Å². The van der Waals surface area contributed by atoms with Crippen LogP contribution in [0.2, 0.25) is 0 Å². The number of nitrogens with zero attached hydrogens (tertiary/aromatic N) is 1. The van der Waals surface area contributed by atoms with Crippen LogP contribution in [0.3, 0.4) is 0 Å². The summed E-state index contributed by atoms with van der Waals surface area (Å²) in [5, 5.41) is 0.251. The Balaban J connectivity index is 1.96. The van der Waals surface area contributed by atoms with E-state index in [9.17, 15) is 9.59 Å². The van der Waals surface area contributed by atoms with Crippen molar-refractivity contribution in [1.82, 2.24) is 4.90 Å². The van der Waals surface area contributed by atoms with Crippen LogP contribution >= 0.6 is 23.5 Å². The molecule has 3 rings (SSSR count). The molecule has 1 aromatic carbocycles. The van der Waals surface area contributed by atoms with Crippen molar-refractivity contribution >= 4 is 35.5 Å². The maximum absolute atomic E-state index is 12.7. The summed E-state index contributed by atoms with van der Waals surface area (Å²) in [5.41, 5.74) is 1.65. The van der Waals surface area contributed by atoms with E-state index >= 15 is 0 Å². The Kier molecular flexibility index (Phi) is 6.67. The van der Waals surface area contributed by atoms with Crippen molar-refractivity contribution in [3.05, 3.63) is 46.4 Å². The molecule has 26 heavy (non-hydrogen) atoms. The van der Waals surface area contributed by atoms with Gasteiger partial charge in [-0.15, -0.1) is 23.5 Å². The first-order chi connectivity index (χ1) is 12.7. The van der Waals surface area contributed by atoms with E-state index in [1.54, 1.807) is 13.8 Å². The molecular formula is C19H23NO4S2. The monoisotopic (exact) mass is 393 g/mol. The van der Waals surface area contributed by atoms with Gasteiger partial charge in [0.2, 0.25) is 0 Å². The van der Waals surface area contributed by atoms with Gasteiger partial charge in [-0.25, -0.2) is 9.59 Å². The molecule has 1 fully saturated rings. The second-order valence-corrected chi connectivity index (χ2v) is 8.20. The Morgan fingerprint density at radius 1 is 1.08 bits per heavy atom. The van der Waals surface area contributed by atoms with Crippen molar-refractivity contribution in [3.8, 4) is 0 Å². The number of fused-ring (bicyclic) bond motifs is 2. The van der Waals surface area contributed by atoms with Crippen molar-refractivity contribution in [1.29, 1.82) is 0 Å². The number of hydrogen-bond acceptors (Lipinski definition) is 7. The Labute approximate surface area is 162 Å². The van der Waals surface area contributed by atoms with Gasteiger partial charge in [-0.2, -0.15) is 0 Å². The normalized spacial score (nSPS) is 22.8. The minimum atomic E-state index is -0.419. The van der Waals surface area contributed by atoms with Crippen LogP contribution in [-0.2, 0) is 25.6 Å². The number of thioether (sulfide) groups is 2. The summed E-state index contributed by atoms with van der Waals surface area (Å²) in [6.45, 7) is 4.86. The number of carbonyl (C=O) groups is 2. The van der Waals surface area contributed by atoms with Crippen LogP contribution in [0.25, 0.3) is 0 Å². The summed E-state index contributed by atoms with van der Waals surface area (Å²) in [7, 11) is 0. The Morgan fingerprint density at radius 3 is 2.46 bits per heavy atom. The standard InChI is InChI=1S/C19H23NO4S2/c1-3-23-18(21)16-14-11-25-15(12-26-17(16)19(22)24-4-2)20(14)10-13-8-6-5-7-9-13/h5-9,14-15H,3-4,10-12H2,1-2H3.